The summed E-state index contributed by atoms with van der Waals surface area (Å²) in [7, 11) is 0. The Labute approximate surface area is 110 Å². The lowest BCUT2D eigenvalue weighted by Gasteiger charge is -2.37. The van der Waals surface area contributed by atoms with Crippen molar-refractivity contribution in [3.63, 3.8) is 0 Å². The predicted molar refractivity (Wildman–Crippen MR) is 69.6 cm³/mol. The highest BCUT2D eigenvalue weighted by Crippen LogP contribution is 2.32. The summed E-state index contributed by atoms with van der Waals surface area (Å²) >= 11 is 0. The summed E-state index contributed by atoms with van der Waals surface area (Å²) in [6.45, 7) is -0.0660. The Morgan fingerprint density at radius 3 is 2.58 bits per heavy atom. The minimum atomic E-state index is -0.660. The largest absolute Gasteiger partial charge is 0.394 e. The first-order chi connectivity index (χ1) is 9.06. The number of nitro groups is 1. The molecule has 2 N–H and O–H groups in total. The number of nitrogens with zero attached hydrogens (tertiary/aromatic N) is 1. The van der Waals surface area contributed by atoms with Gasteiger partial charge in [0.1, 0.15) is 0 Å². The van der Waals surface area contributed by atoms with Gasteiger partial charge < -0.3 is 10.4 Å². The summed E-state index contributed by atoms with van der Waals surface area (Å²) < 4.78 is 13.8. The predicted octanol–water partition coefficient (Wildman–Crippen LogP) is 2.84. The topological polar surface area (TPSA) is 75.4 Å². The Hall–Kier alpha value is -1.69. The van der Waals surface area contributed by atoms with Crippen LogP contribution in [0.1, 0.15) is 32.1 Å². The van der Waals surface area contributed by atoms with E-state index in [4.69, 9.17) is 0 Å². The van der Waals surface area contributed by atoms with E-state index in [0.29, 0.717) is 0 Å². The first-order valence-electron chi connectivity index (χ1n) is 6.39. The SMILES string of the molecule is O=[N+]([O-])c1ccc(NC2(CO)CCCCC2)c(F)c1. The van der Waals surface area contributed by atoms with Crippen molar-refractivity contribution in [2.45, 2.75) is 37.6 Å². The maximum Gasteiger partial charge on any atom is 0.272 e. The lowest BCUT2D eigenvalue weighted by atomic mass is 9.82. The lowest BCUT2D eigenvalue weighted by Crippen LogP contribution is -2.44. The highest BCUT2D eigenvalue weighted by Gasteiger charge is 2.32. The van der Waals surface area contributed by atoms with Gasteiger partial charge in [-0.1, -0.05) is 19.3 Å². The van der Waals surface area contributed by atoms with Gasteiger partial charge in [-0.05, 0) is 18.9 Å². The van der Waals surface area contributed by atoms with E-state index in [1.807, 2.05) is 0 Å². The molecular formula is C13H17FN2O3. The molecule has 0 bridgehead atoms. The van der Waals surface area contributed by atoms with E-state index in [2.05, 4.69) is 5.32 Å². The molecule has 1 saturated carbocycles. The zero-order valence-electron chi connectivity index (χ0n) is 10.6. The highest BCUT2D eigenvalue weighted by molar-refractivity contribution is 5.52. The molecule has 5 nitrogen and oxygen atoms in total. The molecule has 1 aliphatic rings. The van der Waals surface area contributed by atoms with Crippen molar-refractivity contribution in [2.24, 2.45) is 0 Å². The average molecular weight is 268 g/mol. The van der Waals surface area contributed by atoms with Gasteiger partial charge in [-0.15, -0.1) is 0 Å². The standard InChI is InChI=1S/C13H17FN2O3/c14-11-8-10(16(18)19)4-5-12(11)15-13(9-17)6-2-1-3-7-13/h4-5,8,15,17H,1-3,6-7,9H2. The van der Waals surface area contributed by atoms with Crippen LogP contribution in [-0.4, -0.2) is 22.2 Å². The molecule has 0 heterocycles. The van der Waals surface area contributed by atoms with E-state index in [1.165, 1.54) is 12.1 Å². The van der Waals surface area contributed by atoms with Crippen LogP contribution < -0.4 is 5.32 Å². The molecule has 2 rings (SSSR count). The molecule has 1 aromatic carbocycles. The van der Waals surface area contributed by atoms with Crippen LogP contribution in [0.2, 0.25) is 0 Å². The van der Waals surface area contributed by atoms with Gasteiger partial charge in [0.25, 0.3) is 5.69 Å². The Morgan fingerprint density at radius 2 is 2.05 bits per heavy atom. The van der Waals surface area contributed by atoms with E-state index in [9.17, 15) is 19.6 Å². The number of hydrogen-bond donors (Lipinski definition) is 2. The number of nitrogens with one attached hydrogen (secondary N) is 1. The van der Waals surface area contributed by atoms with Gasteiger partial charge in [-0.2, -0.15) is 0 Å². The molecule has 0 aliphatic heterocycles. The second kappa shape index (κ2) is 5.52. The average Bonchev–Trinajstić information content (AvgIpc) is 2.42. The number of benzene rings is 1. The van der Waals surface area contributed by atoms with Crippen LogP contribution in [0.3, 0.4) is 0 Å². The zero-order valence-corrected chi connectivity index (χ0v) is 10.6. The van der Waals surface area contributed by atoms with Crippen LogP contribution in [0.5, 0.6) is 0 Å². The van der Waals surface area contributed by atoms with Crippen molar-refractivity contribution in [1.82, 2.24) is 0 Å². The number of halogens is 1. The van der Waals surface area contributed by atoms with Gasteiger partial charge in [0.15, 0.2) is 5.82 Å². The molecule has 0 spiro atoms. The molecule has 0 atom stereocenters. The maximum absolute atomic E-state index is 13.8. The van der Waals surface area contributed by atoms with Gasteiger partial charge in [0, 0.05) is 6.07 Å². The minimum Gasteiger partial charge on any atom is -0.394 e. The molecule has 1 fully saturated rings. The highest BCUT2D eigenvalue weighted by atomic mass is 19.1. The number of anilines is 1. The number of aliphatic hydroxyl groups is 1. The third kappa shape index (κ3) is 3.01. The molecule has 0 unspecified atom stereocenters. The normalized spacial score (nSPS) is 18.0. The Balaban J connectivity index is 2.20. The fourth-order valence-corrected chi connectivity index (χ4v) is 2.56. The summed E-state index contributed by atoms with van der Waals surface area (Å²) in [6.07, 6.45) is 4.65. The molecule has 104 valence electrons. The summed E-state index contributed by atoms with van der Waals surface area (Å²) in [5.41, 5.74) is -0.568. The zero-order chi connectivity index (χ0) is 13.9. The third-order valence-electron chi connectivity index (χ3n) is 3.68. The molecule has 0 saturated heterocycles. The molecule has 0 radical (unpaired) electrons. The van der Waals surface area contributed by atoms with Crippen molar-refractivity contribution in [1.29, 1.82) is 0 Å². The van der Waals surface area contributed by atoms with Crippen LogP contribution in [0.4, 0.5) is 15.8 Å². The first-order valence-corrected chi connectivity index (χ1v) is 6.39. The Kier molecular flexibility index (Phi) is 3.99. The smallest absolute Gasteiger partial charge is 0.272 e. The summed E-state index contributed by atoms with van der Waals surface area (Å²) in [4.78, 5) is 9.92. The van der Waals surface area contributed by atoms with E-state index >= 15 is 0 Å². The van der Waals surface area contributed by atoms with Gasteiger partial charge in [0.2, 0.25) is 0 Å². The Bertz CT molecular complexity index is 473. The molecule has 6 heteroatoms. The second-order valence-corrected chi connectivity index (χ2v) is 5.05. The summed E-state index contributed by atoms with van der Waals surface area (Å²) in [5.74, 6) is -0.660. The molecule has 0 amide bonds. The Morgan fingerprint density at radius 1 is 1.37 bits per heavy atom. The van der Waals surface area contributed by atoms with Gasteiger partial charge in [-0.25, -0.2) is 4.39 Å². The summed E-state index contributed by atoms with van der Waals surface area (Å²) in [5, 5.41) is 23.1. The van der Waals surface area contributed by atoms with Crippen LogP contribution in [0.25, 0.3) is 0 Å². The monoisotopic (exact) mass is 268 g/mol. The lowest BCUT2D eigenvalue weighted by molar-refractivity contribution is -0.385. The first kappa shape index (κ1) is 13.7. The quantitative estimate of drug-likeness (QED) is 0.650. The van der Waals surface area contributed by atoms with Gasteiger partial charge in [0.05, 0.1) is 28.8 Å². The number of aliphatic hydroxyl groups excluding tert-OH is 1. The molecule has 19 heavy (non-hydrogen) atoms. The van der Waals surface area contributed by atoms with E-state index in [1.54, 1.807) is 0 Å². The number of rotatable bonds is 4. The van der Waals surface area contributed by atoms with Gasteiger partial charge in [-0.3, -0.25) is 10.1 Å². The molecule has 1 aromatic rings. The van der Waals surface area contributed by atoms with E-state index in [-0.39, 0.29) is 18.0 Å². The van der Waals surface area contributed by atoms with Crippen molar-refractivity contribution < 1.29 is 14.4 Å². The van der Waals surface area contributed by atoms with E-state index in [0.717, 1.165) is 38.2 Å². The van der Waals surface area contributed by atoms with Crippen molar-refractivity contribution in [2.75, 3.05) is 11.9 Å². The summed E-state index contributed by atoms with van der Waals surface area (Å²) in [6, 6.07) is 3.52. The fourth-order valence-electron chi connectivity index (χ4n) is 2.56. The van der Waals surface area contributed by atoms with Crippen LogP contribution >= 0.6 is 0 Å². The van der Waals surface area contributed by atoms with Gasteiger partial charge >= 0.3 is 0 Å². The van der Waals surface area contributed by atoms with Crippen LogP contribution in [0.15, 0.2) is 18.2 Å². The van der Waals surface area contributed by atoms with Crippen molar-refractivity contribution in [3.05, 3.63) is 34.1 Å². The van der Waals surface area contributed by atoms with Crippen LogP contribution in [0, 0.1) is 15.9 Å². The molecule has 1 aliphatic carbocycles. The molecule has 0 aromatic heterocycles. The van der Waals surface area contributed by atoms with E-state index < -0.39 is 16.3 Å². The third-order valence-corrected chi connectivity index (χ3v) is 3.68. The number of nitro benzene ring substituents is 1. The fraction of sp³-hybridized carbons (Fsp3) is 0.538. The molecular weight excluding hydrogens is 251 g/mol. The minimum absolute atomic E-state index is 0.0660. The number of non-ortho nitro benzene ring substituents is 1. The van der Waals surface area contributed by atoms with Crippen molar-refractivity contribution in [3.8, 4) is 0 Å². The van der Waals surface area contributed by atoms with Crippen LogP contribution in [-0.2, 0) is 0 Å². The maximum atomic E-state index is 13.8. The number of hydrogen-bond acceptors (Lipinski definition) is 4. The van der Waals surface area contributed by atoms with Crippen molar-refractivity contribution >= 4 is 11.4 Å². The second-order valence-electron chi connectivity index (χ2n) is 5.05.